The second kappa shape index (κ2) is 10.6. The van der Waals surface area contributed by atoms with Gasteiger partial charge in [0.25, 0.3) is 5.91 Å². The molecule has 42 heavy (non-hydrogen) atoms. The number of benzene rings is 2. The minimum atomic E-state index is -0.670. The van der Waals surface area contributed by atoms with Crippen LogP contribution in [0.2, 0.25) is 0 Å². The molecule has 7 rings (SSSR count). The number of nitrogens with zero attached hydrogens (tertiary/aromatic N) is 6. The van der Waals surface area contributed by atoms with Gasteiger partial charge in [-0.25, -0.2) is 14.4 Å². The maximum absolute atomic E-state index is 13.3. The molecule has 1 fully saturated rings. The lowest BCUT2D eigenvalue weighted by atomic mass is 9.97. The molecule has 0 spiro atoms. The Morgan fingerprint density at radius 1 is 1.19 bits per heavy atom. The van der Waals surface area contributed by atoms with Crippen LogP contribution in [-0.2, 0) is 26.6 Å². The molecule has 9 nitrogen and oxygen atoms in total. The number of nitrogens with two attached hydrogens (primary N) is 1. The van der Waals surface area contributed by atoms with E-state index in [2.05, 4.69) is 45.3 Å². The van der Waals surface area contributed by atoms with Crippen LogP contribution in [0.3, 0.4) is 0 Å². The highest BCUT2D eigenvalue weighted by Crippen LogP contribution is 2.39. The number of imidazole rings is 2. The zero-order valence-electron chi connectivity index (χ0n) is 24.0. The third-order valence-corrected chi connectivity index (χ3v) is 8.53. The van der Waals surface area contributed by atoms with E-state index in [1.807, 2.05) is 36.3 Å². The van der Waals surface area contributed by atoms with E-state index in [-0.39, 0.29) is 18.6 Å². The van der Waals surface area contributed by atoms with Crippen LogP contribution in [-0.4, -0.2) is 66.4 Å². The van der Waals surface area contributed by atoms with Crippen molar-refractivity contribution in [3.63, 3.8) is 0 Å². The van der Waals surface area contributed by atoms with Gasteiger partial charge in [0.15, 0.2) is 5.82 Å². The number of hydrogen-bond donors (Lipinski definition) is 1. The van der Waals surface area contributed by atoms with E-state index in [1.165, 1.54) is 12.8 Å². The molecular formula is C32H36FN7O2. The average Bonchev–Trinajstić information content (AvgIpc) is 3.36. The molecule has 10 heteroatoms. The largest absolute Gasteiger partial charge is 0.487 e. The van der Waals surface area contributed by atoms with Gasteiger partial charge in [-0.1, -0.05) is 12.1 Å². The fourth-order valence-corrected chi connectivity index (χ4v) is 6.21. The summed E-state index contributed by atoms with van der Waals surface area (Å²) < 4.78 is 26.1. The first-order chi connectivity index (χ1) is 20.4. The average molecular weight is 570 g/mol. The smallest absolute Gasteiger partial charge is 0.254 e. The quantitative estimate of drug-likeness (QED) is 0.266. The summed E-state index contributed by atoms with van der Waals surface area (Å²) in [4.78, 5) is 24.2. The van der Waals surface area contributed by atoms with Crippen molar-refractivity contribution in [2.24, 2.45) is 18.7 Å². The van der Waals surface area contributed by atoms with Crippen LogP contribution in [0.1, 0.15) is 35.7 Å². The predicted molar refractivity (Wildman–Crippen MR) is 160 cm³/mol. The lowest BCUT2D eigenvalue weighted by molar-refractivity contribution is 0.0725. The molecule has 2 aliphatic rings. The molecule has 0 saturated heterocycles. The van der Waals surface area contributed by atoms with Crippen molar-refractivity contribution in [2.75, 3.05) is 19.8 Å². The number of aromatic nitrogens is 5. The van der Waals surface area contributed by atoms with E-state index < -0.39 is 12.7 Å². The fourth-order valence-electron chi connectivity index (χ4n) is 6.21. The summed E-state index contributed by atoms with van der Waals surface area (Å²) in [6.45, 7) is 3.79. The molecule has 0 radical (unpaired) electrons. The normalized spacial score (nSPS) is 16.8. The number of halogens is 1. The van der Waals surface area contributed by atoms with Gasteiger partial charge in [0.1, 0.15) is 18.5 Å². The summed E-state index contributed by atoms with van der Waals surface area (Å²) in [5.41, 5.74) is 11.3. The monoisotopic (exact) mass is 569 g/mol. The van der Waals surface area contributed by atoms with E-state index in [1.54, 1.807) is 11.1 Å². The molecule has 2 unspecified atom stereocenters. The highest BCUT2D eigenvalue weighted by atomic mass is 19.1. The Morgan fingerprint density at radius 2 is 2.05 bits per heavy atom. The highest BCUT2D eigenvalue weighted by Gasteiger charge is 2.29. The number of fused-ring (bicyclic) bond motifs is 3. The fraction of sp³-hybridized carbons (Fsp3) is 0.406. The molecule has 1 amide bonds. The van der Waals surface area contributed by atoms with Gasteiger partial charge in [-0.3, -0.25) is 4.79 Å². The molecule has 2 N–H and O–H groups in total. The van der Waals surface area contributed by atoms with Crippen molar-refractivity contribution in [1.82, 2.24) is 28.6 Å². The minimum absolute atomic E-state index is 0.0452. The van der Waals surface area contributed by atoms with Crippen LogP contribution >= 0.6 is 0 Å². The van der Waals surface area contributed by atoms with Gasteiger partial charge in [-0.2, -0.15) is 0 Å². The molecule has 1 aliphatic carbocycles. The summed E-state index contributed by atoms with van der Waals surface area (Å²) in [5, 5.41) is 1.11. The Hall–Kier alpha value is -4.18. The van der Waals surface area contributed by atoms with E-state index >= 15 is 0 Å². The van der Waals surface area contributed by atoms with Crippen molar-refractivity contribution < 1.29 is 13.9 Å². The van der Waals surface area contributed by atoms with Crippen molar-refractivity contribution in [3.8, 4) is 17.3 Å². The van der Waals surface area contributed by atoms with Crippen LogP contribution in [0.15, 0.2) is 55.1 Å². The molecule has 0 bridgehead atoms. The molecule has 4 heterocycles. The molecule has 1 saturated carbocycles. The Morgan fingerprint density at radius 3 is 2.81 bits per heavy atom. The summed E-state index contributed by atoms with van der Waals surface area (Å²) in [6, 6.07) is 11.7. The van der Waals surface area contributed by atoms with E-state index in [4.69, 9.17) is 15.5 Å². The number of carbonyl (C=O) groups excluding carboxylic acids is 1. The molecule has 218 valence electrons. The second-order valence-corrected chi connectivity index (χ2v) is 11.9. The summed E-state index contributed by atoms with van der Waals surface area (Å²) >= 11 is 0. The Balaban J connectivity index is 1.28. The zero-order chi connectivity index (χ0) is 29.0. The zero-order valence-corrected chi connectivity index (χ0v) is 24.0. The van der Waals surface area contributed by atoms with Gasteiger partial charge in [0.2, 0.25) is 0 Å². The number of para-hydroxylation sites is 1. The number of rotatable bonds is 10. The third-order valence-electron chi connectivity index (χ3n) is 8.53. The van der Waals surface area contributed by atoms with Gasteiger partial charge in [-0.05, 0) is 61.9 Å². The Bertz CT molecular complexity index is 1770. The summed E-state index contributed by atoms with van der Waals surface area (Å²) in [7, 11) is 2.04. The number of alkyl halides is 1. The molecule has 2 aromatic carbocycles. The lowest BCUT2D eigenvalue weighted by Gasteiger charge is -2.30. The number of ether oxygens (including phenoxy) is 1. The number of amides is 1. The standard InChI is InChI=1S/C32H36FN7O2/c1-20(16-38-11-9-35-19-38)42-29-5-3-4-23-13-28(40(30(23)29)17-21-6-7-21)31-36-26-14-25-22(12-27(26)37(31)2)8-10-39(32(25)41)18-24(34)15-33/h3-5,9,11-14,19-21,24H,6-8,10,15-18,34H2,1-2H3. The first-order valence-electron chi connectivity index (χ1n) is 14.7. The van der Waals surface area contributed by atoms with Crippen molar-refractivity contribution in [3.05, 3.63) is 66.2 Å². The molecule has 2 atom stereocenters. The van der Waals surface area contributed by atoms with Crippen molar-refractivity contribution in [2.45, 2.75) is 51.4 Å². The van der Waals surface area contributed by atoms with Gasteiger partial charge in [0.05, 0.1) is 41.2 Å². The third kappa shape index (κ3) is 4.83. The van der Waals surface area contributed by atoms with Crippen LogP contribution in [0.25, 0.3) is 33.5 Å². The minimum Gasteiger partial charge on any atom is -0.487 e. The Labute approximate surface area is 243 Å². The lowest BCUT2D eigenvalue weighted by Crippen LogP contribution is -2.45. The molecule has 1 aliphatic heterocycles. The maximum atomic E-state index is 13.3. The molecular weight excluding hydrogens is 533 g/mol. The first kappa shape index (κ1) is 26.7. The first-order valence-corrected chi connectivity index (χ1v) is 14.7. The highest BCUT2D eigenvalue weighted by molar-refractivity contribution is 6.01. The second-order valence-electron chi connectivity index (χ2n) is 11.9. The van der Waals surface area contributed by atoms with Gasteiger partial charge < -0.3 is 29.1 Å². The van der Waals surface area contributed by atoms with Crippen molar-refractivity contribution in [1.29, 1.82) is 0 Å². The number of carbonyl (C=O) groups is 1. The maximum Gasteiger partial charge on any atom is 0.254 e. The van der Waals surface area contributed by atoms with Crippen LogP contribution in [0.5, 0.6) is 5.75 Å². The van der Waals surface area contributed by atoms with E-state index in [0.29, 0.717) is 31.0 Å². The number of aryl methyl sites for hydroxylation is 1. The van der Waals surface area contributed by atoms with Gasteiger partial charge in [-0.15, -0.1) is 0 Å². The molecule has 3 aromatic heterocycles. The topological polar surface area (TPSA) is 96.1 Å². The summed E-state index contributed by atoms with van der Waals surface area (Å²) in [6.07, 6.45) is 8.64. The van der Waals surface area contributed by atoms with Crippen LogP contribution in [0.4, 0.5) is 4.39 Å². The summed E-state index contributed by atoms with van der Waals surface area (Å²) in [5.74, 6) is 2.24. The molecule has 5 aromatic rings. The van der Waals surface area contributed by atoms with E-state index in [0.717, 1.165) is 51.3 Å². The SMILES string of the molecule is CC(Cn1ccnc1)Oc1cccc2cc(-c3nc4cc5c(cc4n3C)CCN(CC(N)CF)C5=O)n(CC3CC3)c12. The van der Waals surface area contributed by atoms with Crippen LogP contribution < -0.4 is 10.5 Å². The van der Waals surface area contributed by atoms with Gasteiger partial charge in [0, 0.05) is 50.0 Å². The van der Waals surface area contributed by atoms with E-state index in [9.17, 15) is 9.18 Å². The van der Waals surface area contributed by atoms with Gasteiger partial charge >= 0.3 is 0 Å². The van der Waals surface area contributed by atoms with Crippen LogP contribution in [0, 0.1) is 5.92 Å². The Kier molecular flexibility index (Phi) is 6.73. The number of hydrogen-bond acceptors (Lipinski definition) is 5. The predicted octanol–water partition coefficient (Wildman–Crippen LogP) is 4.56. The van der Waals surface area contributed by atoms with Crippen molar-refractivity contribution >= 4 is 27.8 Å².